The molecule has 1 aromatic heterocycles. The van der Waals surface area contributed by atoms with Crippen LogP contribution in [0.1, 0.15) is 68.5 Å². The maximum atomic E-state index is 14.6. The normalized spacial score (nSPS) is 22.4. The van der Waals surface area contributed by atoms with Crippen LogP contribution in [0, 0.1) is 0 Å². The number of halogens is 2. The second-order valence-electron chi connectivity index (χ2n) is 13.0. The molecule has 0 radical (unpaired) electrons. The number of piperazine rings is 1. The molecular weight excluding hydrogens is 615 g/mol. The third-order valence-electron chi connectivity index (χ3n) is 8.60. The molecule has 2 amide bonds. The Hall–Kier alpha value is -3.11. The Morgan fingerprint density at radius 2 is 1.84 bits per heavy atom. The van der Waals surface area contributed by atoms with Gasteiger partial charge >= 0.3 is 6.09 Å². The number of hydrogen-bond donors (Lipinski definition) is 1. The summed E-state index contributed by atoms with van der Waals surface area (Å²) in [4.78, 5) is 35.8. The van der Waals surface area contributed by atoms with E-state index in [-0.39, 0.29) is 31.6 Å². The fourth-order valence-electron chi connectivity index (χ4n) is 6.52. The van der Waals surface area contributed by atoms with Crippen molar-refractivity contribution in [1.29, 1.82) is 0 Å². The lowest BCUT2D eigenvalue weighted by Gasteiger charge is -2.42. The lowest BCUT2D eigenvalue weighted by Crippen LogP contribution is -2.58. The number of benzene rings is 2. The van der Waals surface area contributed by atoms with Gasteiger partial charge in [-0.25, -0.2) is 9.78 Å². The fourth-order valence-corrected chi connectivity index (χ4v) is 7.01. The van der Waals surface area contributed by atoms with Crippen LogP contribution in [0.2, 0.25) is 10.0 Å². The highest BCUT2D eigenvalue weighted by atomic mass is 35.5. The van der Waals surface area contributed by atoms with Gasteiger partial charge in [0, 0.05) is 42.4 Å². The lowest BCUT2D eigenvalue weighted by atomic mass is 9.80. The van der Waals surface area contributed by atoms with E-state index in [0.29, 0.717) is 40.8 Å². The van der Waals surface area contributed by atoms with Crippen molar-refractivity contribution in [3.63, 3.8) is 0 Å². The standard InChI is InChI=1S/C34H42Cl2N4O5/c1-33(2,3)45-32(42)38-16-17-39(26(20-38)18-24-13-14-25(35)19-27(24)36)31(41)29-30(23-10-6-5-7-11-23)40(22-37-29)28-12-8-9-15-34(28,43)21-44-4/h5-7,10-11,13-14,19,22,26,28,43H,8-9,12,15-18,20-21H2,1-4H3/t26-,28-,34-/m1/s1. The summed E-state index contributed by atoms with van der Waals surface area (Å²) in [5.74, 6) is -0.252. The topological polar surface area (TPSA) is 97.1 Å². The lowest BCUT2D eigenvalue weighted by molar-refractivity contribution is -0.0893. The molecule has 9 nitrogen and oxygen atoms in total. The molecule has 1 saturated heterocycles. The number of ether oxygens (including phenoxy) is 2. The van der Waals surface area contributed by atoms with Gasteiger partial charge in [-0.05, 0) is 57.7 Å². The van der Waals surface area contributed by atoms with Crippen LogP contribution < -0.4 is 0 Å². The summed E-state index contributed by atoms with van der Waals surface area (Å²) < 4.78 is 13.1. The molecule has 2 aliphatic rings. The number of nitrogens with zero attached hydrogens (tertiary/aromatic N) is 4. The SMILES string of the molecule is COC[C@]1(O)CCCC[C@H]1n1cnc(C(=O)N2CCN(C(=O)OC(C)(C)C)C[C@H]2Cc2ccc(Cl)cc2Cl)c1-c1ccccc1. The van der Waals surface area contributed by atoms with Crippen molar-refractivity contribution in [3.8, 4) is 11.3 Å². The maximum absolute atomic E-state index is 14.6. The monoisotopic (exact) mass is 656 g/mol. The van der Waals surface area contributed by atoms with Crippen LogP contribution in [0.3, 0.4) is 0 Å². The highest BCUT2D eigenvalue weighted by Crippen LogP contribution is 2.41. The Balaban J connectivity index is 1.53. The van der Waals surface area contributed by atoms with E-state index in [9.17, 15) is 14.7 Å². The molecule has 45 heavy (non-hydrogen) atoms. The molecule has 1 N–H and O–H groups in total. The Morgan fingerprint density at radius 3 is 2.53 bits per heavy atom. The quantitative estimate of drug-likeness (QED) is 0.306. The number of aliphatic hydroxyl groups is 1. The van der Waals surface area contributed by atoms with Crippen LogP contribution in [0.4, 0.5) is 4.79 Å². The number of rotatable bonds is 7. The van der Waals surface area contributed by atoms with Crippen LogP contribution in [-0.2, 0) is 15.9 Å². The Kier molecular flexibility index (Phi) is 10.1. The number of carbonyl (C=O) groups excluding carboxylic acids is 2. The summed E-state index contributed by atoms with van der Waals surface area (Å²) in [6.45, 7) is 6.53. The van der Waals surface area contributed by atoms with Crippen LogP contribution in [0.5, 0.6) is 0 Å². The fraction of sp³-hybridized carbons (Fsp3) is 0.500. The Bertz CT molecular complexity index is 1500. The van der Waals surface area contributed by atoms with E-state index < -0.39 is 23.3 Å². The third kappa shape index (κ3) is 7.49. The molecule has 3 aromatic rings. The van der Waals surface area contributed by atoms with E-state index in [1.165, 1.54) is 0 Å². The smallest absolute Gasteiger partial charge is 0.410 e. The predicted molar refractivity (Wildman–Crippen MR) is 175 cm³/mol. The van der Waals surface area contributed by atoms with E-state index in [1.807, 2.05) is 61.7 Å². The summed E-state index contributed by atoms with van der Waals surface area (Å²) in [5.41, 5.74) is 0.846. The van der Waals surface area contributed by atoms with Gasteiger partial charge in [0.15, 0.2) is 5.69 Å². The largest absolute Gasteiger partial charge is 0.444 e. The van der Waals surface area contributed by atoms with Gasteiger partial charge in [0.05, 0.1) is 30.7 Å². The summed E-state index contributed by atoms with van der Waals surface area (Å²) in [6.07, 6.45) is 4.82. The molecule has 3 atom stereocenters. The minimum atomic E-state index is -1.09. The second kappa shape index (κ2) is 13.7. The van der Waals surface area contributed by atoms with Gasteiger partial charge in [-0.15, -0.1) is 0 Å². The Morgan fingerprint density at radius 1 is 1.09 bits per heavy atom. The highest BCUT2D eigenvalue weighted by molar-refractivity contribution is 6.35. The first-order chi connectivity index (χ1) is 21.4. The van der Waals surface area contributed by atoms with Crippen molar-refractivity contribution < 1.29 is 24.2 Å². The predicted octanol–water partition coefficient (Wildman–Crippen LogP) is 6.65. The van der Waals surface area contributed by atoms with E-state index in [4.69, 9.17) is 37.7 Å². The van der Waals surface area contributed by atoms with Crippen LogP contribution in [0.25, 0.3) is 11.3 Å². The molecule has 1 saturated carbocycles. The van der Waals surface area contributed by atoms with Crippen molar-refractivity contribution in [2.45, 2.75) is 76.2 Å². The van der Waals surface area contributed by atoms with Gasteiger partial charge in [0.1, 0.15) is 11.2 Å². The van der Waals surface area contributed by atoms with Gasteiger partial charge in [0.2, 0.25) is 0 Å². The molecular formula is C34H42Cl2N4O5. The van der Waals surface area contributed by atoms with Crippen LogP contribution in [-0.4, -0.2) is 87.1 Å². The van der Waals surface area contributed by atoms with Crippen molar-refractivity contribution in [2.24, 2.45) is 0 Å². The van der Waals surface area contributed by atoms with Gasteiger partial charge < -0.3 is 28.9 Å². The zero-order chi connectivity index (χ0) is 32.4. The summed E-state index contributed by atoms with van der Waals surface area (Å²) in [6, 6.07) is 14.3. The Labute approximate surface area is 275 Å². The number of hydrogen-bond acceptors (Lipinski definition) is 6. The maximum Gasteiger partial charge on any atom is 0.410 e. The first kappa shape index (κ1) is 33.3. The zero-order valence-electron chi connectivity index (χ0n) is 26.3. The summed E-state index contributed by atoms with van der Waals surface area (Å²) in [7, 11) is 1.59. The van der Waals surface area contributed by atoms with Gasteiger partial charge in [-0.3, -0.25) is 4.79 Å². The van der Waals surface area contributed by atoms with Crippen molar-refractivity contribution >= 4 is 35.2 Å². The zero-order valence-corrected chi connectivity index (χ0v) is 27.9. The molecule has 5 rings (SSSR count). The van der Waals surface area contributed by atoms with Crippen molar-refractivity contribution in [3.05, 3.63) is 76.2 Å². The number of imidazole rings is 1. The molecule has 2 aromatic carbocycles. The average molecular weight is 658 g/mol. The minimum absolute atomic E-state index is 0.184. The van der Waals surface area contributed by atoms with Crippen LogP contribution >= 0.6 is 23.2 Å². The third-order valence-corrected chi connectivity index (χ3v) is 9.18. The van der Waals surface area contributed by atoms with E-state index in [2.05, 4.69) is 0 Å². The van der Waals surface area contributed by atoms with Crippen molar-refractivity contribution in [1.82, 2.24) is 19.4 Å². The van der Waals surface area contributed by atoms with Gasteiger partial charge in [-0.1, -0.05) is 72.4 Å². The first-order valence-corrected chi connectivity index (χ1v) is 16.2. The number of aromatic nitrogens is 2. The molecule has 0 unspecified atom stereocenters. The average Bonchev–Trinajstić information content (AvgIpc) is 3.43. The van der Waals surface area contributed by atoms with E-state index in [0.717, 1.165) is 30.4 Å². The molecule has 242 valence electrons. The van der Waals surface area contributed by atoms with Gasteiger partial charge in [0.25, 0.3) is 5.91 Å². The van der Waals surface area contributed by atoms with E-state index in [1.54, 1.807) is 35.4 Å². The molecule has 0 spiro atoms. The molecule has 0 bridgehead atoms. The molecule has 11 heteroatoms. The highest BCUT2D eigenvalue weighted by Gasteiger charge is 2.43. The minimum Gasteiger partial charge on any atom is -0.444 e. The van der Waals surface area contributed by atoms with Crippen LogP contribution in [0.15, 0.2) is 54.9 Å². The summed E-state index contributed by atoms with van der Waals surface area (Å²) in [5, 5.41) is 12.7. The van der Waals surface area contributed by atoms with Crippen molar-refractivity contribution in [2.75, 3.05) is 33.4 Å². The molecule has 1 aliphatic heterocycles. The molecule has 2 fully saturated rings. The number of carbonyl (C=O) groups is 2. The number of amides is 2. The molecule has 1 aliphatic carbocycles. The van der Waals surface area contributed by atoms with E-state index >= 15 is 0 Å². The van der Waals surface area contributed by atoms with Gasteiger partial charge in [-0.2, -0.15) is 0 Å². The first-order valence-electron chi connectivity index (χ1n) is 15.5. The molecule has 2 heterocycles. The second-order valence-corrected chi connectivity index (χ2v) is 13.9. The number of methoxy groups -OCH3 is 1. The summed E-state index contributed by atoms with van der Waals surface area (Å²) >= 11 is 12.8.